The lowest BCUT2D eigenvalue weighted by molar-refractivity contribution is -0.369. The number of fused-ring (bicyclic) bond motifs is 2. The van der Waals surface area contributed by atoms with Gasteiger partial charge in [-0.1, -0.05) is 18.2 Å². The van der Waals surface area contributed by atoms with Gasteiger partial charge in [0.1, 0.15) is 18.2 Å². The van der Waals surface area contributed by atoms with E-state index in [9.17, 15) is 19.2 Å². The molecule has 3 aliphatic rings. The molecule has 0 bridgehead atoms. The van der Waals surface area contributed by atoms with E-state index in [0.29, 0.717) is 0 Å². The number of esters is 2. The van der Waals surface area contributed by atoms with E-state index in [1.54, 1.807) is 12.1 Å². The molecular weight excluding hydrogens is 450 g/mol. The van der Waals surface area contributed by atoms with Crippen LogP contribution in [-0.2, 0) is 38.0 Å². The van der Waals surface area contributed by atoms with Crippen LogP contribution in [0, 0.1) is 0 Å². The molecule has 1 aromatic rings. The average Bonchev–Trinajstić information content (AvgIpc) is 3.07. The van der Waals surface area contributed by atoms with Crippen LogP contribution in [0.5, 0.6) is 0 Å². The summed E-state index contributed by atoms with van der Waals surface area (Å²) in [5.74, 6) is -4.52. The highest BCUT2D eigenvalue weighted by atomic mass is 16.8. The van der Waals surface area contributed by atoms with Gasteiger partial charge in [-0.2, -0.15) is 0 Å². The topological polar surface area (TPSA) is 127 Å². The number of rotatable bonds is 6. The Bertz CT molecular complexity index is 990. The SMILES string of the molecule is C=CCO[C@@H]1O[C@@H]2CO[C@](C)(C(=O)OC)O[C@H]2[C@H](OC(C)=O)[C@H]1N1C(=O)c2ccccc2C1=O. The van der Waals surface area contributed by atoms with Gasteiger partial charge in [-0.3, -0.25) is 19.3 Å². The minimum Gasteiger partial charge on any atom is -0.465 e. The fourth-order valence-corrected chi connectivity index (χ4v) is 4.37. The van der Waals surface area contributed by atoms with Crippen LogP contribution < -0.4 is 0 Å². The van der Waals surface area contributed by atoms with E-state index in [1.807, 2.05) is 0 Å². The molecule has 2 fully saturated rings. The standard InChI is InChI=1S/C23H25NO10/c1-5-10-30-21-16(24-19(26)13-8-6-7-9-14(13)20(24)27)18(32-12(2)25)17-15(33-21)11-31-23(3,34-17)22(28)29-4/h5-9,15-18,21H,1,10-11H2,2-4H3/t15-,16-,17-,18-,21-,23+/m1/s1. The molecule has 0 spiro atoms. The van der Waals surface area contributed by atoms with Crippen molar-refractivity contribution in [3.05, 3.63) is 48.0 Å². The first-order chi connectivity index (χ1) is 16.2. The van der Waals surface area contributed by atoms with Gasteiger partial charge in [-0.15, -0.1) is 6.58 Å². The molecule has 0 aromatic heterocycles. The van der Waals surface area contributed by atoms with Crippen molar-refractivity contribution >= 4 is 23.8 Å². The second-order valence-corrected chi connectivity index (χ2v) is 8.09. The van der Waals surface area contributed by atoms with Crippen molar-refractivity contribution < 1.29 is 47.6 Å². The van der Waals surface area contributed by atoms with Crippen molar-refractivity contribution in [1.82, 2.24) is 4.90 Å². The first-order valence-corrected chi connectivity index (χ1v) is 10.6. The third-order valence-electron chi connectivity index (χ3n) is 5.86. The van der Waals surface area contributed by atoms with Gasteiger partial charge in [0.05, 0.1) is 31.5 Å². The molecule has 0 unspecified atom stereocenters. The molecule has 2 amide bonds. The van der Waals surface area contributed by atoms with E-state index in [2.05, 4.69) is 6.58 Å². The number of amides is 2. The zero-order chi connectivity index (χ0) is 24.6. The van der Waals surface area contributed by atoms with Gasteiger partial charge in [0.15, 0.2) is 12.4 Å². The molecule has 11 nitrogen and oxygen atoms in total. The van der Waals surface area contributed by atoms with Gasteiger partial charge in [-0.05, 0) is 12.1 Å². The Morgan fingerprint density at radius 3 is 2.44 bits per heavy atom. The molecule has 11 heteroatoms. The molecule has 6 atom stereocenters. The summed E-state index contributed by atoms with van der Waals surface area (Å²) in [6.45, 7) is 6.05. The second kappa shape index (κ2) is 9.26. The monoisotopic (exact) mass is 475 g/mol. The summed E-state index contributed by atoms with van der Waals surface area (Å²) in [6, 6.07) is 5.11. The van der Waals surface area contributed by atoms with Crippen LogP contribution >= 0.6 is 0 Å². The van der Waals surface area contributed by atoms with E-state index in [4.69, 9.17) is 28.4 Å². The summed E-state index contributed by atoms with van der Waals surface area (Å²) < 4.78 is 33.6. The van der Waals surface area contributed by atoms with Crippen LogP contribution in [0.15, 0.2) is 36.9 Å². The number of hydrogen-bond donors (Lipinski definition) is 0. The maximum absolute atomic E-state index is 13.3. The lowest BCUT2D eigenvalue weighted by Gasteiger charge is -2.51. The van der Waals surface area contributed by atoms with Gasteiger partial charge < -0.3 is 28.4 Å². The van der Waals surface area contributed by atoms with Crippen LogP contribution in [0.2, 0.25) is 0 Å². The molecule has 0 radical (unpaired) electrons. The van der Waals surface area contributed by atoms with Gasteiger partial charge >= 0.3 is 11.9 Å². The molecule has 0 aliphatic carbocycles. The third-order valence-corrected chi connectivity index (χ3v) is 5.86. The minimum atomic E-state index is -1.82. The molecular formula is C23H25NO10. The Hall–Kier alpha value is -3.12. The van der Waals surface area contributed by atoms with E-state index >= 15 is 0 Å². The number of ether oxygens (including phenoxy) is 6. The van der Waals surface area contributed by atoms with Crippen LogP contribution in [-0.4, -0.2) is 85.4 Å². The number of carbonyl (C=O) groups excluding carboxylic acids is 4. The molecule has 182 valence electrons. The molecule has 2 saturated heterocycles. The largest absolute Gasteiger partial charge is 0.465 e. The predicted octanol–water partition coefficient (Wildman–Crippen LogP) is 0.815. The van der Waals surface area contributed by atoms with E-state index in [0.717, 1.165) is 4.90 Å². The molecule has 4 rings (SSSR count). The van der Waals surface area contributed by atoms with Crippen molar-refractivity contribution in [2.24, 2.45) is 0 Å². The Morgan fingerprint density at radius 1 is 1.24 bits per heavy atom. The van der Waals surface area contributed by atoms with Gasteiger partial charge in [0.25, 0.3) is 17.6 Å². The minimum absolute atomic E-state index is 0.0239. The second-order valence-electron chi connectivity index (χ2n) is 8.09. The van der Waals surface area contributed by atoms with Crippen LogP contribution in [0.4, 0.5) is 0 Å². The number of imide groups is 1. The Morgan fingerprint density at radius 2 is 1.88 bits per heavy atom. The lowest BCUT2D eigenvalue weighted by Crippen LogP contribution is -2.71. The van der Waals surface area contributed by atoms with Gasteiger partial charge in [0.2, 0.25) is 0 Å². The number of carbonyl (C=O) groups is 4. The molecule has 3 aliphatic heterocycles. The average molecular weight is 475 g/mol. The normalized spacial score (nSPS) is 32.6. The number of hydrogen-bond acceptors (Lipinski definition) is 10. The first-order valence-electron chi connectivity index (χ1n) is 10.6. The fourth-order valence-electron chi connectivity index (χ4n) is 4.37. The Labute approximate surface area is 195 Å². The highest BCUT2D eigenvalue weighted by Gasteiger charge is 2.60. The number of nitrogens with zero attached hydrogens (tertiary/aromatic N) is 1. The zero-order valence-electron chi connectivity index (χ0n) is 18.9. The highest BCUT2D eigenvalue weighted by Crippen LogP contribution is 2.39. The van der Waals surface area contributed by atoms with E-state index < -0.39 is 60.2 Å². The van der Waals surface area contributed by atoms with Crippen LogP contribution in [0.3, 0.4) is 0 Å². The van der Waals surface area contributed by atoms with Crippen molar-refractivity contribution in [2.75, 3.05) is 20.3 Å². The molecule has 34 heavy (non-hydrogen) atoms. The molecule has 0 N–H and O–H groups in total. The van der Waals surface area contributed by atoms with E-state index in [-0.39, 0.29) is 24.3 Å². The van der Waals surface area contributed by atoms with E-state index in [1.165, 1.54) is 39.2 Å². The molecule has 3 heterocycles. The van der Waals surface area contributed by atoms with Gasteiger partial charge in [0, 0.05) is 13.8 Å². The fraction of sp³-hybridized carbons (Fsp3) is 0.478. The summed E-state index contributed by atoms with van der Waals surface area (Å²) in [5.41, 5.74) is 0.400. The van der Waals surface area contributed by atoms with Crippen molar-refractivity contribution in [2.45, 2.75) is 50.3 Å². The van der Waals surface area contributed by atoms with Crippen LogP contribution in [0.25, 0.3) is 0 Å². The molecule has 1 aromatic carbocycles. The first kappa shape index (κ1) is 24.0. The van der Waals surface area contributed by atoms with Crippen molar-refractivity contribution in [3.63, 3.8) is 0 Å². The summed E-state index contributed by atoms with van der Waals surface area (Å²) in [4.78, 5) is 52.0. The lowest BCUT2D eigenvalue weighted by atomic mass is 9.93. The van der Waals surface area contributed by atoms with Gasteiger partial charge in [-0.25, -0.2) is 4.79 Å². The smallest absolute Gasteiger partial charge is 0.366 e. The maximum Gasteiger partial charge on any atom is 0.366 e. The summed E-state index contributed by atoms with van der Waals surface area (Å²) in [6.07, 6.45) is -2.89. The Balaban J connectivity index is 1.77. The number of benzene rings is 1. The summed E-state index contributed by atoms with van der Waals surface area (Å²) in [7, 11) is 1.17. The summed E-state index contributed by atoms with van der Waals surface area (Å²) in [5, 5.41) is 0. The highest BCUT2D eigenvalue weighted by molar-refractivity contribution is 6.21. The number of methoxy groups -OCH3 is 1. The Kier molecular flexibility index (Phi) is 6.54. The van der Waals surface area contributed by atoms with Crippen molar-refractivity contribution in [3.8, 4) is 0 Å². The molecule has 0 saturated carbocycles. The van der Waals surface area contributed by atoms with Crippen LogP contribution in [0.1, 0.15) is 34.6 Å². The zero-order valence-corrected chi connectivity index (χ0v) is 18.9. The maximum atomic E-state index is 13.3. The van der Waals surface area contributed by atoms with Crippen molar-refractivity contribution in [1.29, 1.82) is 0 Å². The summed E-state index contributed by atoms with van der Waals surface area (Å²) >= 11 is 0. The predicted molar refractivity (Wildman–Crippen MR) is 112 cm³/mol. The third kappa shape index (κ3) is 4.00. The quantitative estimate of drug-likeness (QED) is 0.331.